The Labute approximate surface area is 98.6 Å². The molecule has 0 saturated carbocycles. The third-order valence-electron chi connectivity index (χ3n) is 2.07. The minimum Gasteiger partial charge on any atom is -0.426 e. The summed E-state index contributed by atoms with van der Waals surface area (Å²) in [5.74, 6) is 0.391. The quantitative estimate of drug-likeness (QED) is 0.590. The van der Waals surface area contributed by atoms with E-state index in [4.69, 9.17) is 4.74 Å². The highest BCUT2D eigenvalue weighted by Crippen LogP contribution is 2.28. The van der Waals surface area contributed by atoms with Gasteiger partial charge in [-0.15, -0.1) is 5.11 Å². The molecule has 0 aliphatic carbocycles. The summed E-state index contributed by atoms with van der Waals surface area (Å²) in [7, 11) is 0. The molecule has 2 aromatic carbocycles. The van der Waals surface area contributed by atoms with Crippen LogP contribution in [0.2, 0.25) is 0 Å². The average Bonchev–Trinajstić information content (AvgIpc) is 2.39. The second kappa shape index (κ2) is 5.55. The first-order valence-electron chi connectivity index (χ1n) is 5.06. The lowest BCUT2D eigenvalue weighted by atomic mass is 10.3. The summed E-state index contributed by atoms with van der Waals surface area (Å²) >= 11 is 0. The summed E-state index contributed by atoms with van der Waals surface area (Å²) in [6, 6.07) is 16.3. The van der Waals surface area contributed by atoms with Crippen molar-refractivity contribution in [1.29, 1.82) is 0 Å². The molecule has 4 nitrogen and oxygen atoms in total. The lowest BCUT2D eigenvalue weighted by molar-refractivity contribution is -0.120. The maximum atomic E-state index is 10.3. The Kier molecular flexibility index (Phi) is 3.60. The van der Waals surface area contributed by atoms with E-state index in [9.17, 15) is 4.79 Å². The predicted molar refractivity (Wildman–Crippen MR) is 63.8 cm³/mol. The van der Waals surface area contributed by atoms with Crippen LogP contribution in [-0.4, -0.2) is 6.47 Å². The smallest absolute Gasteiger partial charge is 0.298 e. The maximum Gasteiger partial charge on any atom is 0.298 e. The van der Waals surface area contributed by atoms with Crippen molar-refractivity contribution in [2.45, 2.75) is 0 Å². The van der Waals surface area contributed by atoms with Gasteiger partial charge in [0.25, 0.3) is 6.47 Å². The molecule has 2 rings (SSSR count). The van der Waals surface area contributed by atoms with E-state index in [0.717, 1.165) is 5.69 Å². The molecule has 4 heteroatoms. The Morgan fingerprint density at radius 3 is 2.35 bits per heavy atom. The SMILES string of the molecule is O=COc1ccccc1N=Nc1ccccc1. The molecule has 84 valence electrons. The Morgan fingerprint density at radius 2 is 1.59 bits per heavy atom. The van der Waals surface area contributed by atoms with Crippen molar-refractivity contribution in [3.8, 4) is 5.75 Å². The first-order chi connectivity index (χ1) is 8.40. The first kappa shape index (κ1) is 11.0. The topological polar surface area (TPSA) is 51.0 Å². The van der Waals surface area contributed by atoms with Gasteiger partial charge in [0.2, 0.25) is 0 Å². The number of benzene rings is 2. The summed E-state index contributed by atoms with van der Waals surface area (Å²) in [6.07, 6.45) is 0. The van der Waals surface area contributed by atoms with E-state index in [1.165, 1.54) is 0 Å². The second-order valence-corrected chi connectivity index (χ2v) is 3.22. The zero-order chi connectivity index (χ0) is 11.9. The van der Waals surface area contributed by atoms with Gasteiger partial charge in [0.1, 0.15) is 5.69 Å². The molecule has 0 aromatic heterocycles. The van der Waals surface area contributed by atoms with Crippen LogP contribution in [-0.2, 0) is 4.79 Å². The fourth-order valence-electron chi connectivity index (χ4n) is 1.30. The van der Waals surface area contributed by atoms with Crippen LogP contribution < -0.4 is 4.74 Å². The zero-order valence-electron chi connectivity index (χ0n) is 8.98. The van der Waals surface area contributed by atoms with Crippen molar-refractivity contribution in [3.63, 3.8) is 0 Å². The summed E-state index contributed by atoms with van der Waals surface area (Å²) in [4.78, 5) is 10.3. The highest BCUT2D eigenvalue weighted by Gasteiger charge is 2.00. The molecule has 0 fully saturated rings. The van der Waals surface area contributed by atoms with Crippen molar-refractivity contribution >= 4 is 17.8 Å². The molecule has 0 N–H and O–H groups in total. The van der Waals surface area contributed by atoms with Gasteiger partial charge in [0, 0.05) is 0 Å². The number of nitrogens with zero attached hydrogens (tertiary/aromatic N) is 2. The monoisotopic (exact) mass is 226 g/mol. The molecule has 0 aliphatic heterocycles. The van der Waals surface area contributed by atoms with Crippen LogP contribution in [0.3, 0.4) is 0 Å². The Hall–Kier alpha value is -2.49. The van der Waals surface area contributed by atoms with Crippen molar-refractivity contribution in [3.05, 3.63) is 54.6 Å². The van der Waals surface area contributed by atoms with E-state index >= 15 is 0 Å². The number of carbonyl (C=O) groups is 1. The van der Waals surface area contributed by atoms with E-state index in [0.29, 0.717) is 17.9 Å². The summed E-state index contributed by atoms with van der Waals surface area (Å²) < 4.78 is 4.79. The lowest BCUT2D eigenvalue weighted by Crippen LogP contribution is -1.87. The molecule has 2 aromatic rings. The first-order valence-corrected chi connectivity index (χ1v) is 5.06. The van der Waals surface area contributed by atoms with Crippen LogP contribution in [0, 0.1) is 0 Å². The molecule has 0 heterocycles. The van der Waals surface area contributed by atoms with Crippen LogP contribution in [0.4, 0.5) is 11.4 Å². The average molecular weight is 226 g/mol. The fourth-order valence-corrected chi connectivity index (χ4v) is 1.30. The minimum absolute atomic E-state index is 0.372. The van der Waals surface area contributed by atoms with Crippen molar-refractivity contribution < 1.29 is 9.53 Å². The maximum absolute atomic E-state index is 10.3. The van der Waals surface area contributed by atoms with Gasteiger partial charge in [-0.25, -0.2) is 0 Å². The minimum atomic E-state index is 0.372. The van der Waals surface area contributed by atoms with E-state index in [1.54, 1.807) is 24.3 Å². The van der Waals surface area contributed by atoms with Crippen LogP contribution in [0.15, 0.2) is 64.8 Å². The molecular formula is C13H10N2O2. The van der Waals surface area contributed by atoms with E-state index in [-0.39, 0.29) is 0 Å². The Morgan fingerprint density at radius 1 is 0.882 bits per heavy atom. The van der Waals surface area contributed by atoms with Gasteiger partial charge >= 0.3 is 0 Å². The van der Waals surface area contributed by atoms with Gasteiger partial charge in [-0.05, 0) is 24.3 Å². The van der Waals surface area contributed by atoms with Crippen LogP contribution in [0.25, 0.3) is 0 Å². The largest absolute Gasteiger partial charge is 0.426 e. The molecule has 0 spiro atoms. The number of hydrogen-bond acceptors (Lipinski definition) is 4. The number of azo groups is 1. The molecule has 0 atom stereocenters. The molecule has 0 saturated heterocycles. The van der Waals surface area contributed by atoms with Crippen LogP contribution in [0.1, 0.15) is 0 Å². The third-order valence-corrected chi connectivity index (χ3v) is 2.07. The predicted octanol–water partition coefficient (Wildman–Crippen LogP) is 3.64. The molecule has 0 amide bonds. The number of hydrogen-bond donors (Lipinski definition) is 0. The van der Waals surface area contributed by atoms with Crippen LogP contribution >= 0.6 is 0 Å². The van der Waals surface area contributed by atoms with E-state index in [1.807, 2.05) is 30.3 Å². The highest BCUT2D eigenvalue weighted by molar-refractivity contribution is 5.57. The van der Waals surface area contributed by atoms with Crippen molar-refractivity contribution in [2.75, 3.05) is 0 Å². The molecule has 17 heavy (non-hydrogen) atoms. The zero-order valence-corrected chi connectivity index (χ0v) is 8.98. The van der Waals surface area contributed by atoms with Crippen LogP contribution in [0.5, 0.6) is 5.75 Å². The Bertz CT molecular complexity index is 524. The summed E-state index contributed by atoms with van der Waals surface area (Å²) in [5, 5.41) is 8.08. The fraction of sp³-hybridized carbons (Fsp3) is 0. The summed E-state index contributed by atoms with van der Waals surface area (Å²) in [6.45, 7) is 0.372. The normalized spacial score (nSPS) is 10.4. The van der Waals surface area contributed by atoms with Gasteiger partial charge in [0.05, 0.1) is 5.69 Å². The molecule has 0 radical (unpaired) electrons. The van der Waals surface area contributed by atoms with Crippen molar-refractivity contribution in [1.82, 2.24) is 0 Å². The van der Waals surface area contributed by atoms with Gasteiger partial charge in [0.15, 0.2) is 5.75 Å². The molecule has 0 aliphatic rings. The molecule has 0 bridgehead atoms. The van der Waals surface area contributed by atoms with Gasteiger partial charge < -0.3 is 4.74 Å². The summed E-state index contributed by atoms with van der Waals surface area (Å²) in [5.41, 5.74) is 1.26. The van der Waals surface area contributed by atoms with Gasteiger partial charge in [-0.2, -0.15) is 5.11 Å². The molecule has 0 unspecified atom stereocenters. The molecular weight excluding hydrogens is 216 g/mol. The highest BCUT2D eigenvalue weighted by atomic mass is 16.5. The van der Waals surface area contributed by atoms with Gasteiger partial charge in [-0.1, -0.05) is 30.3 Å². The standard InChI is InChI=1S/C13H10N2O2/c16-10-17-13-9-5-4-8-12(13)15-14-11-6-2-1-3-7-11/h1-10H. The number of carbonyl (C=O) groups excluding carboxylic acids is 1. The van der Waals surface area contributed by atoms with E-state index < -0.39 is 0 Å². The van der Waals surface area contributed by atoms with Crippen molar-refractivity contribution in [2.24, 2.45) is 10.2 Å². The second-order valence-electron chi connectivity index (χ2n) is 3.22. The number of rotatable bonds is 4. The number of ether oxygens (including phenoxy) is 1. The number of para-hydroxylation sites is 1. The van der Waals surface area contributed by atoms with Gasteiger partial charge in [-0.3, -0.25) is 4.79 Å². The van der Waals surface area contributed by atoms with E-state index in [2.05, 4.69) is 10.2 Å². The third kappa shape index (κ3) is 2.98. The Balaban J connectivity index is 2.24. The lowest BCUT2D eigenvalue weighted by Gasteiger charge is -2.00.